The number of benzene rings is 3. The lowest BCUT2D eigenvalue weighted by Gasteiger charge is -2.23. The molecule has 0 aliphatic carbocycles. The number of unbranched alkanes of at least 4 members (excludes halogenated alkanes) is 1. The van der Waals surface area contributed by atoms with Gasteiger partial charge in [-0.25, -0.2) is 12.8 Å². The van der Waals surface area contributed by atoms with E-state index in [1.807, 2.05) is 19.1 Å². The van der Waals surface area contributed by atoms with Gasteiger partial charge in [0.05, 0.1) is 10.6 Å². The van der Waals surface area contributed by atoms with Crippen LogP contribution in [0.4, 0.5) is 10.1 Å². The van der Waals surface area contributed by atoms with Crippen molar-refractivity contribution in [3.05, 3.63) is 95.3 Å². The van der Waals surface area contributed by atoms with E-state index in [9.17, 15) is 17.6 Å². The summed E-state index contributed by atoms with van der Waals surface area (Å²) < 4.78 is 41.3. The Morgan fingerprint density at radius 2 is 1.63 bits per heavy atom. The van der Waals surface area contributed by atoms with Crippen LogP contribution < -0.4 is 4.31 Å². The Morgan fingerprint density at radius 3 is 2.23 bits per heavy atom. The second kappa shape index (κ2) is 9.22. The molecule has 0 bridgehead atoms. The van der Waals surface area contributed by atoms with E-state index in [0.717, 1.165) is 40.8 Å². The molecule has 0 aliphatic heterocycles. The van der Waals surface area contributed by atoms with Crippen molar-refractivity contribution in [2.45, 2.75) is 38.0 Å². The highest BCUT2D eigenvalue weighted by Gasteiger charge is 2.32. The second-order valence-corrected chi connectivity index (χ2v) is 8.95. The lowest BCUT2D eigenvalue weighted by atomic mass is 10.1. The van der Waals surface area contributed by atoms with Gasteiger partial charge in [0.25, 0.3) is 15.9 Å². The predicted molar refractivity (Wildman–Crippen MR) is 117 cm³/mol. The minimum Gasteiger partial charge on any atom is -0.268 e. The SMILES string of the molecule is CCCCc1ccc(N(C(=O)c2cccc(F)c2)S(=O)(=O)c2ccc(C)cc2)cc1. The van der Waals surface area contributed by atoms with Crippen LogP contribution in [0, 0.1) is 12.7 Å². The summed E-state index contributed by atoms with van der Waals surface area (Å²) >= 11 is 0. The second-order valence-electron chi connectivity index (χ2n) is 7.17. The first-order valence-corrected chi connectivity index (χ1v) is 11.3. The molecule has 0 unspecified atom stereocenters. The van der Waals surface area contributed by atoms with Crippen LogP contribution in [0.15, 0.2) is 77.7 Å². The first-order chi connectivity index (χ1) is 14.3. The Balaban J connectivity index is 2.08. The molecule has 0 saturated heterocycles. The van der Waals surface area contributed by atoms with E-state index in [4.69, 9.17) is 0 Å². The molecule has 0 aliphatic rings. The fraction of sp³-hybridized carbons (Fsp3) is 0.208. The number of rotatable bonds is 7. The Kier molecular flexibility index (Phi) is 6.67. The third-order valence-electron chi connectivity index (χ3n) is 4.81. The molecule has 3 aromatic rings. The van der Waals surface area contributed by atoms with Crippen molar-refractivity contribution < 1.29 is 17.6 Å². The zero-order valence-corrected chi connectivity index (χ0v) is 17.8. The number of amides is 1. The van der Waals surface area contributed by atoms with Crippen LogP contribution >= 0.6 is 0 Å². The largest absolute Gasteiger partial charge is 0.272 e. The van der Waals surface area contributed by atoms with Gasteiger partial charge in [-0.1, -0.05) is 49.2 Å². The van der Waals surface area contributed by atoms with Gasteiger partial charge in [0.2, 0.25) is 0 Å². The number of halogens is 1. The van der Waals surface area contributed by atoms with Crippen LogP contribution in [0.3, 0.4) is 0 Å². The van der Waals surface area contributed by atoms with Crippen molar-refractivity contribution in [2.24, 2.45) is 0 Å². The molecule has 156 valence electrons. The summed E-state index contributed by atoms with van der Waals surface area (Å²) in [6.45, 7) is 3.95. The van der Waals surface area contributed by atoms with Crippen LogP contribution in [-0.4, -0.2) is 14.3 Å². The number of anilines is 1. The molecule has 1 amide bonds. The Bertz CT molecular complexity index is 1120. The highest BCUT2D eigenvalue weighted by Crippen LogP contribution is 2.27. The summed E-state index contributed by atoms with van der Waals surface area (Å²) in [6.07, 6.45) is 2.94. The molecular weight excluding hydrogens is 401 g/mol. The van der Waals surface area contributed by atoms with Gasteiger partial charge in [0, 0.05) is 5.56 Å². The van der Waals surface area contributed by atoms with Crippen LogP contribution in [0.2, 0.25) is 0 Å². The smallest absolute Gasteiger partial charge is 0.268 e. The Hall–Kier alpha value is -2.99. The maximum atomic E-state index is 13.7. The molecule has 0 aromatic heterocycles. The van der Waals surface area contributed by atoms with Gasteiger partial charge in [-0.2, -0.15) is 4.31 Å². The van der Waals surface area contributed by atoms with Crippen molar-refractivity contribution >= 4 is 21.6 Å². The normalized spacial score (nSPS) is 11.3. The molecule has 0 fully saturated rings. The molecule has 0 atom stereocenters. The van der Waals surface area contributed by atoms with Crippen LogP contribution in [-0.2, 0) is 16.4 Å². The lowest BCUT2D eigenvalue weighted by molar-refractivity contribution is 0.100. The number of carbonyl (C=O) groups excluding carboxylic acids is 1. The third-order valence-corrected chi connectivity index (χ3v) is 6.53. The van der Waals surface area contributed by atoms with E-state index in [1.54, 1.807) is 24.3 Å². The van der Waals surface area contributed by atoms with Gasteiger partial charge in [-0.3, -0.25) is 4.79 Å². The van der Waals surface area contributed by atoms with Crippen molar-refractivity contribution in [1.29, 1.82) is 0 Å². The molecule has 3 aromatic carbocycles. The van der Waals surface area contributed by atoms with Gasteiger partial charge in [-0.05, 0) is 67.8 Å². The van der Waals surface area contributed by atoms with E-state index in [1.165, 1.54) is 30.3 Å². The van der Waals surface area contributed by atoms with E-state index < -0.39 is 21.7 Å². The highest BCUT2D eigenvalue weighted by atomic mass is 32.2. The number of hydrogen-bond donors (Lipinski definition) is 0. The quantitative estimate of drug-likeness (QED) is 0.501. The third kappa shape index (κ3) is 4.76. The van der Waals surface area contributed by atoms with Crippen LogP contribution in [0.1, 0.15) is 41.3 Å². The topological polar surface area (TPSA) is 54.5 Å². The molecule has 0 N–H and O–H groups in total. The summed E-state index contributed by atoms with van der Waals surface area (Å²) in [5, 5.41) is 0. The van der Waals surface area contributed by atoms with Gasteiger partial charge in [0.15, 0.2) is 0 Å². The number of aryl methyl sites for hydroxylation is 2. The summed E-state index contributed by atoms with van der Waals surface area (Å²) in [7, 11) is -4.20. The average molecular weight is 426 g/mol. The maximum absolute atomic E-state index is 13.7. The maximum Gasteiger partial charge on any atom is 0.272 e. The van der Waals surface area contributed by atoms with E-state index >= 15 is 0 Å². The van der Waals surface area contributed by atoms with Crippen LogP contribution in [0.5, 0.6) is 0 Å². The standard InChI is InChI=1S/C24H24FNO3S/c1-3-4-6-19-11-13-22(14-12-19)26(24(27)20-7-5-8-21(25)17-20)30(28,29)23-15-9-18(2)10-16-23/h5,7-17H,3-4,6H2,1-2H3. The Morgan fingerprint density at radius 1 is 0.967 bits per heavy atom. The molecule has 4 nitrogen and oxygen atoms in total. The molecule has 3 rings (SSSR count). The van der Waals surface area contributed by atoms with Crippen LogP contribution in [0.25, 0.3) is 0 Å². The molecule has 6 heteroatoms. The highest BCUT2D eigenvalue weighted by molar-refractivity contribution is 7.93. The molecule has 0 spiro atoms. The Labute approximate surface area is 177 Å². The fourth-order valence-electron chi connectivity index (χ4n) is 3.10. The average Bonchev–Trinajstić information content (AvgIpc) is 2.73. The molecule has 30 heavy (non-hydrogen) atoms. The minimum absolute atomic E-state index is 0.00656. The van der Waals surface area contributed by atoms with E-state index in [0.29, 0.717) is 0 Å². The first-order valence-electron chi connectivity index (χ1n) is 9.84. The van der Waals surface area contributed by atoms with Gasteiger partial charge in [0.1, 0.15) is 5.82 Å². The summed E-state index contributed by atoms with van der Waals surface area (Å²) in [4.78, 5) is 13.2. The minimum atomic E-state index is -4.20. The van der Waals surface area contributed by atoms with Crippen molar-refractivity contribution in [1.82, 2.24) is 0 Å². The zero-order chi connectivity index (χ0) is 21.7. The van der Waals surface area contributed by atoms with Crippen molar-refractivity contribution in [3.63, 3.8) is 0 Å². The van der Waals surface area contributed by atoms with Crippen molar-refractivity contribution in [3.8, 4) is 0 Å². The van der Waals surface area contributed by atoms with E-state index in [2.05, 4.69) is 6.92 Å². The summed E-state index contributed by atoms with van der Waals surface area (Å²) in [6, 6.07) is 18.2. The first kappa shape index (κ1) is 21.7. The number of carbonyl (C=O) groups is 1. The molecule has 0 heterocycles. The summed E-state index contributed by atoms with van der Waals surface area (Å²) in [5.74, 6) is -1.42. The van der Waals surface area contributed by atoms with E-state index in [-0.39, 0.29) is 16.1 Å². The zero-order valence-electron chi connectivity index (χ0n) is 17.0. The number of sulfonamides is 1. The number of nitrogens with zero attached hydrogens (tertiary/aromatic N) is 1. The van der Waals surface area contributed by atoms with Gasteiger partial charge < -0.3 is 0 Å². The molecule has 0 saturated carbocycles. The van der Waals surface area contributed by atoms with Gasteiger partial charge in [-0.15, -0.1) is 0 Å². The molecule has 0 radical (unpaired) electrons. The predicted octanol–water partition coefficient (Wildman–Crippen LogP) is 5.51. The summed E-state index contributed by atoms with van der Waals surface area (Å²) in [5.41, 5.74) is 2.13. The lowest BCUT2D eigenvalue weighted by Crippen LogP contribution is -2.37. The number of hydrogen-bond acceptors (Lipinski definition) is 3. The fourth-order valence-corrected chi connectivity index (χ4v) is 4.51. The molecular formula is C24H24FNO3S. The monoisotopic (exact) mass is 425 g/mol. The van der Waals surface area contributed by atoms with Gasteiger partial charge >= 0.3 is 0 Å². The van der Waals surface area contributed by atoms with Crippen molar-refractivity contribution in [2.75, 3.05) is 4.31 Å².